The van der Waals surface area contributed by atoms with E-state index in [4.69, 9.17) is 9.47 Å². The van der Waals surface area contributed by atoms with Crippen molar-refractivity contribution in [3.8, 4) is 0 Å². The third-order valence-corrected chi connectivity index (χ3v) is 2.86. The molecule has 2 heterocycles. The van der Waals surface area contributed by atoms with Gasteiger partial charge >= 0.3 is 0 Å². The zero-order valence-electron chi connectivity index (χ0n) is 8.34. The van der Waals surface area contributed by atoms with E-state index in [1.807, 2.05) is 0 Å². The smallest absolute Gasteiger partial charge is 0.169 e. The molecule has 0 radical (unpaired) electrons. The second-order valence-corrected chi connectivity index (χ2v) is 4.24. The standard InChI is InChI=1S/C10H19NO2/c1-9-7-12-10(13-8-9)3-2-5-11-6-4-10/h9,11H,2-8H2,1H3. The van der Waals surface area contributed by atoms with Gasteiger partial charge in [0.05, 0.1) is 13.2 Å². The van der Waals surface area contributed by atoms with Gasteiger partial charge in [-0.1, -0.05) is 6.92 Å². The molecule has 3 heteroatoms. The van der Waals surface area contributed by atoms with E-state index in [2.05, 4.69) is 12.2 Å². The van der Waals surface area contributed by atoms with Crippen LogP contribution in [0.5, 0.6) is 0 Å². The highest BCUT2D eigenvalue weighted by atomic mass is 16.7. The number of ether oxygens (including phenoxy) is 2. The summed E-state index contributed by atoms with van der Waals surface area (Å²) in [5.74, 6) is 0.317. The average molecular weight is 185 g/mol. The predicted molar refractivity (Wildman–Crippen MR) is 50.5 cm³/mol. The summed E-state index contributed by atoms with van der Waals surface area (Å²) in [4.78, 5) is 0. The summed E-state index contributed by atoms with van der Waals surface area (Å²) < 4.78 is 11.7. The van der Waals surface area contributed by atoms with Gasteiger partial charge in [0.1, 0.15) is 0 Å². The van der Waals surface area contributed by atoms with Crippen molar-refractivity contribution >= 4 is 0 Å². The van der Waals surface area contributed by atoms with Crippen molar-refractivity contribution < 1.29 is 9.47 Å². The maximum absolute atomic E-state index is 5.84. The van der Waals surface area contributed by atoms with Gasteiger partial charge in [0.25, 0.3) is 0 Å². The lowest BCUT2D eigenvalue weighted by atomic mass is 10.1. The van der Waals surface area contributed by atoms with Crippen LogP contribution >= 0.6 is 0 Å². The van der Waals surface area contributed by atoms with Crippen LogP contribution in [0.15, 0.2) is 0 Å². The molecule has 1 N–H and O–H groups in total. The van der Waals surface area contributed by atoms with Gasteiger partial charge in [0.15, 0.2) is 5.79 Å². The van der Waals surface area contributed by atoms with Gasteiger partial charge in [0.2, 0.25) is 0 Å². The summed E-state index contributed by atoms with van der Waals surface area (Å²) in [5.41, 5.74) is 0. The molecule has 1 spiro atoms. The second-order valence-electron chi connectivity index (χ2n) is 4.24. The lowest BCUT2D eigenvalue weighted by Crippen LogP contribution is -2.44. The molecule has 76 valence electrons. The summed E-state index contributed by atoms with van der Waals surface area (Å²) in [6.45, 7) is 6.01. The Kier molecular flexibility index (Phi) is 2.86. The Morgan fingerprint density at radius 1 is 1.15 bits per heavy atom. The van der Waals surface area contributed by atoms with Gasteiger partial charge in [-0.3, -0.25) is 0 Å². The molecular formula is C10H19NO2. The van der Waals surface area contributed by atoms with Gasteiger partial charge in [0, 0.05) is 25.3 Å². The molecular weight excluding hydrogens is 166 g/mol. The number of hydrogen-bond donors (Lipinski definition) is 1. The van der Waals surface area contributed by atoms with Gasteiger partial charge in [-0.05, 0) is 13.0 Å². The molecule has 0 unspecified atom stereocenters. The van der Waals surface area contributed by atoms with E-state index in [1.165, 1.54) is 0 Å². The molecule has 2 fully saturated rings. The Morgan fingerprint density at radius 3 is 2.69 bits per heavy atom. The van der Waals surface area contributed by atoms with E-state index in [1.54, 1.807) is 0 Å². The minimum Gasteiger partial charge on any atom is -0.350 e. The van der Waals surface area contributed by atoms with Gasteiger partial charge in [-0.2, -0.15) is 0 Å². The van der Waals surface area contributed by atoms with Gasteiger partial charge in [-0.15, -0.1) is 0 Å². The Balaban J connectivity index is 1.93. The molecule has 0 aliphatic carbocycles. The fraction of sp³-hybridized carbons (Fsp3) is 1.00. The van der Waals surface area contributed by atoms with Crippen molar-refractivity contribution in [1.82, 2.24) is 5.32 Å². The first-order valence-corrected chi connectivity index (χ1v) is 5.29. The highest BCUT2D eigenvalue weighted by Gasteiger charge is 2.36. The molecule has 2 aliphatic rings. The van der Waals surface area contributed by atoms with Crippen molar-refractivity contribution in [3.63, 3.8) is 0 Å². The minimum atomic E-state index is -0.240. The minimum absolute atomic E-state index is 0.240. The third kappa shape index (κ3) is 2.22. The number of rotatable bonds is 0. The molecule has 13 heavy (non-hydrogen) atoms. The highest BCUT2D eigenvalue weighted by molar-refractivity contribution is 4.78. The Hall–Kier alpha value is -0.120. The molecule has 0 saturated carbocycles. The maximum Gasteiger partial charge on any atom is 0.169 e. The fourth-order valence-electron chi connectivity index (χ4n) is 1.98. The van der Waals surface area contributed by atoms with Crippen LogP contribution in [-0.4, -0.2) is 32.1 Å². The summed E-state index contributed by atoms with van der Waals surface area (Å²) >= 11 is 0. The fourth-order valence-corrected chi connectivity index (χ4v) is 1.98. The first-order chi connectivity index (χ1) is 6.31. The largest absolute Gasteiger partial charge is 0.350 e. The molecule has 2 aliphatic heterocycles. The summed E-state index contributed by atoms with van der Waals surface area (Å²) in [6.07, 6.45) is 3.21. The van der Waals surface area contributed by atoms with Crippen molar-refractivity contribution in [3.05, 3.63) is 0 Å². The molecule has 0 amide bonds. The lowest BCUT2D eigenvalue weighted by Gasteiger charge is -2.38. The van der Waals surface area contributed by atoms with Crippen molar-refractivity contribution in [2.24, 2.45) is 5.92 Å². The van der Waals surface area contributed by atoms with Crippen LogP contribution in [-0.2, 0) is 9.47 Å². The first kappa shape index (κ1) is 9.44. The molecule has 0 atom stereocenters. The zero-order valence-corrected chi connectivity index (χ0v) is 8.34. The zero-order chi connectivity index (χ0) is 9.15. The van der Waals surface area contributed by atoms with Crippen molar-refractivity contribution in [1.29, 1.82) is 0 Å². The van der Waals surface area contributed by atoms with Gasteiger partial charge in [-0.25, -0.2) is 0 Å². The monoisotopic (exact) mass is 185 g/mol. The SMILES string of the molecule is CC1COC2(CCCNCC2)OC1. The van der Waals surface area contributed by atoms with E-state index in [9.17, 15) is 0 Å². The summed E-state index contributed by atoms with van der Waals surface area (Å²) in [7, 11) is 0. The molecule has 2 rings (SSSR count). The molecule has 0 aromatic carbocycles. The Bertz CT molecular complexity index is 154. The van der Waals surface area contributed by atoms with E-state index >= 15 is 0 Å². The molecule has 0 bridgehead atoms. The van der Waals surface area contributed by atoms with Crippen molar-refractivity contribution in [2.75, 3.05) is 26.3 Å². The van der Waals surface area contributed by atoms with E-state index in [0.29, 0.717) is 5.92 Å². The summed E-state index contributed by atoms with van der Waals surface area (Å²) in [5, 5.41) is 3.37. The predicted octanol–water partition coefficient (Wildman–Crippen LogP) is 1.14. The molecule has 2 saturated heterocycles. The Labute approximate surface area is 79.8 Å². The van der Waals surface area contributed by atoms with Gasteiger partial charge < -0.3 is 14.8 Å². The maximum atomic E-state index is 5.84. The third-order valence-electron chi connectivity index (χ3n) is 2.86. The second kappa shape index (κ2) is 3.95. The average Bonchev–Trinajstić information content (AvgIpc) is 2.37. The van der Waals surface area contributed by atoms with E-state index in [-0.39, 0.29) is 5.79 Å². The molecule has 0 aromatic rings. The normalized spacial score (nSPS) is 41.8. The van der Waals surface area contributed by atoms with Crippen LogP contribution in [0.4, 0.5) is 0 Å². The molecule has 0 aromatic heterocycles. The van der Waals surface area contributed by atoms with Crippen LogP contribution in [0.1, 0.15) is 26.2 Å². The quantitative estimate of drug-likeness (QED) is 0.614. The highest BCUT2D eigenvalue weighted by Crippen LogP contribution is 2.30. The topological polar surface area (TPSA) is 30.5 Å². The van der Waals surface area contributed by atoms with Crippen LogP contribution in [0.25, 0.3) is 0 Å². The Morgan fingerprint density at radius 2 is 1.92 bits per heavy atom. The summed E-state index contributed by atoms with van der Waals surface area (Å²) in [6, 6.07) is 0. The number of nitrogens with one attached hydrogen (secondary N) is 1. The van der Waals surface area contributed by atoms with Crippen LogP contribution < -0.4 is 5.32 Å². The first-order valence-electron chi connectivity index (χ1n) is 5.29. The number of hydrogen-bond acceptors (Lipinski definition) is 3. The van der Waals surface area contributed by atoms with Crippen molar-refractivity contribution in [2.45, 2.75) is 32.0 Å². The lowest BCUT2D eigenvalue weighted by molar-refractivity contribution is -0.284. The van der Waals surface area contributed by atoms with Crippen LogP contribution in [0.2, 0.25) is 0 Å². The van der Waals surface area contributed by atoms with E-state index in [0.717, 1.165) is 45.6 Å². The van der Waals surface area contributed by atoms with Crippen LogP contribution in [0.3, 0.4) is 0 Å². The van der Waals surface area contributed by atoms with Crippen LogP contribution in [0, 0.1) is 5.92 Å². The molecule has 3 nitrogen and oxygen atoms in total. The van der Waals surface area contributed by atoms with E-state index < -0.39 is 0 Å².